The summed E-state index contributed by atoms with van der Waals surface area (Å²) in [7, 11) is -2.36. The lowest BCUT2D eigenvalue weighted by molar-refractivity contribution is -0.123. The normalized spacial score (nSPS) is 24.9. The van der Waals surface area contributed by atoms with E-state index in [2.05, 4.69) is 20.7 Å². The zero-order chi connectivity index (χ0) is 18.9. The van der Waals surface area contributed by atoms with Crippen molar-refractivity contribution in [2.75, 3.05) is 20.2 Å². The third-order valence-electron chi connectivity index (χ3n) is 4.75. The maximum atomic E-state index is 12.6. The van der Waals surface area contributed by atoms with Crippen LogP contribution in [-0.2, 0) is 20.4 Å². The second-order valence-electron chi connectivity index (χ2n) is 6.54. The summed E-state index contributed by atoms with van der Waals surface area (Å²) >= 11 is 0. The highest BCUT2D eigenvalue weighted by molar-refractivity contribution is 7.89. The number of benzene rings is 1. The summed E-state index contributed by atoms with van der Waals surface area (Å²) in [5.41, 5.74) is -1.15. The molecule has 4 N–H and O–H groups in total. The summed E-state index contributed by atoms with van der Waals surface area (Å²) in [5.74, 6) is -0.264. The molecular weight excluding hydrogens is 396 g/mol. The molecule has 2 unspecified atom stereocenters. The predicted octanol–water partition coefficient (Wildman–Crippen LogP) is 0.202. The first kappa shape index (κ1) is 21.4. The van der Waals surface area contributed by atoms with Crippen molar-refractivity contribution in [3.05, 3.63) is 23.8 Å². The number of sulfonamides is 1. The van der Waals surface area contributed by atoms with E-state index in [4.69, 9.17) is 4.74 Å². The van der Waals surface area contributed by atoms with Crippen LogP contribution in [0.3, 0.4) is 0 Å². The average Bonchev–Trinajstić information content (AvgIpc) is 3.21. The van der Waals surface area contributed by atoms with Crippen LogP contribution >= 0.6 is 12.4 Å². The summed E-state index contributed by atoms with van der Waals surface area (Å²) in [4.78, 5) is 23.8. The van der Waals surface area contributed by atoms with Crippen LogP contribution in [0.1, 0.15) is 25.3 Å². The van der Waals surface area contributed by atoms with E-state index in [9.17, 15) is 18.0 Å². The minimum absolute atomic E-state index is 0. The van der Waals surface area contributed by atoms with E-state index in [1.165, 1.54) is 32.2 Å². The maximum Gasteiger partial charge on any atom is 0.322 e. The molecule has 2 fully saturated rings. The van der Waals surface area contributed by atoms with Gasteiger partial charge in [0.15, 0.2) is 0 Å². The Hall–Kier alpha value is -1.88. The summed E-state index contributed by atoms with van der Waals surface area (Å²) in [5, 5.41) is 7.91. The summed E-state index contributed by atoms with van der Waals surface area (Å²) in [6.45, 7) is 2.67. The van der Waals surface area contributed by atoms with E-state index >= 15 is 0 Å². The fourth-order valence-corrected chi connectivity index (χ4v) is 4.31. The molecule has 3 amide bonds. The van der Waals surface area contributed by atoms with Crippen LogP contribution in [0.2, 0.25) is 0 Å². The number of amides is 3. The Balaban J connectivity index is 0.00000261. The fourth-order valence-electron chi connectivity index (χ4n) is 3.20. The van der Waals surface area contributed by atoms with Crippen LogP contribution in [0.15, 0.2) is 23.1 Å². The van der Waals surface area contributed by atoms with Gasteiger partial charge in [-0.3, -0.25) is 10.1 Å². The van der Waals surface area contributed by atoms with E-state index in [1.54, 1.807) is 0 Å². The van der Waals surface area contributed by atoms with Crippen LogP contribution in [0, 0.1) is 0 Å². The van der Waals surface area contributed by atoms with Crippen molar-refractivity contribution in [2.24, 2.45) is 0 Å². The van der Waals surface area contributed by atoms with E-state index in [0.29, 0.717) is 5.75 Å². The molecule has 2 heterocycles. The Morgan fingerprint density at radius 2 is 2.07 bits per heavy atom. The molecule has 150 valence electrons. The number of methoxy groups -OCH3 is 1. The molecule has 0 aliphatic carbocycles. The van der Waals surface area contributed by atoms with Gasteiger partial charge >= 0.3 is 6.03 Å². The van der Waals surface area contributed by atoms with Gasteiger partial charge in [-0.1, -0.05) is 0 Å². The summed E-state index contributed by atoms with van der Waals surface area (Å²) in [6.07, 6.45) is 1.94. The molecule has 0 spiro atoms. The van der Waals surface area contributed by atoms with Crippen molar-refractivity contribution < 1.29 is 22.7 Å². The number of hydrogen-bond donors (Lipinski definition) is 4. The van der Waals surface area contributed by atoms with Gasteiger partial charge in [-0.15, -0.1) is 12.4 Å². The number of urea groups is 1. The monoisotopic (exact) mass is 418 g/mol. The van der Waals surface area contributed by atoms with E-state index in [-0.39, 0.29) is 35.5 Å². The van der Waals surface area contributed by atoms with Crippen molar-refractivity contribution in [3.63, 3.8) is 0 Å². The van der Waals surface area contributed by atoms with E-state index in [0.717, 1.165) is 19.4 Å². The molecule has 0 radical (unpaired) electrons. The number of carbonyl (C=O) groups is 2. The molecule has 1 aromatic rings. The van der Waals surface area contributed by atoms with Crippen LogP contribution in [0.4, 0.5) is 4.79 Å². The number of hydrogen-bond acceptors (Lipinski definition) is 6. The number of ether oxygens (including phenoxy) is 1. The number of nitrogens with one attached hydrogen (secondary N) is 4. The number of carbonyl (C=O) groups excluding carboxylic acids is 2. The smallest absolute Gasteiger partial charge is 0.322 e. The van der Waals surface area contributed by atoms with E-state index < -0.39 is 27.5 Å². The quantitative estimate of drug-likeness (QED) is 0.489. The number of halogens is 1. The second-order valence-corrected chi connectivity index (χ2v) is 8.31. The van der Waals surface area contributed by atoms with Gasteiger partial charge in [0.1, 0.15) is 11.3 Å². The lowest BCUT2D eigenvalue weighted by Gasteiger charge is -2.24. The van der Waals surface area contributed by atoms with E-state index in [1.807, 2.05) is 0 Å². The van der Waals surface area contributed by atoms with Gasteiger partial charge < -0.3 is 15.4 Å². The van der Waals surface area contributed by atoms with Gasteiger partial charge in [0.25, 0.3) is 5.91 Å². The van der Waals surface area contributed by atoms with Gasteiger partial charge in [-0.2, -0.15) is 0 Å². The fraction of sp³-hybridized carbons (Fsp3) is 0.500. The molecule has 3 rings (SSSR count). The van der Waals surface area contributed by atoms with Crippen LogP contribution in [0.5, 0.6) is 5.75 Å². The largest absolute Gasteiger partial charge is 0.496 e. The highest BCUT2D eigenvalue weighted by Gasteiger charge is 2.45. The minimum Gasteiger partial charge on any atom is -0.496 e. The second kappa shape index (κ2) is 8.01. The SMILES string of the molecule is COc1ccc(S(=O)(=O)NCC2CCCN2)cc1C1(C)NC(=O)NC1=O.Cl. The molecule has 27 heavy (non-hydrogen) atoms. The third-order valence-corrected chi connectivity index (χ3v) is 6.17. The molecular formula is C16H23ClN4O5S. The molecule has 2 aliphatic rings. The van der Waals surface area contributed by atoms with Crippen molar-refractivity contribution >= 4 is 34.4 Å². The summed E-state index contributed by atoms with van der Waals surface area (Å²) < 4.78 is 33.1. The molecule has 9 nitrogen and oxygen atoms in total. The number of imide groups is 1. The van der Waals surface area contributed by atoms with Gasteiger partial charge in [-0.05, 0) is 44.5 Å². The molecule has 0 bridgehead atoms. The van der Waals surface area contributed by atoms with Gasteiger partial charge in [0, 0.05) is 18.2 Å². The first-order chi connectivity index (χ1) is 12.3. The Morgan fingerprint density at radius 3 is 2.63 bits per heavy atom. The standard InChI is InChI=1S/C16H22N4O5S.ClH/c1-16(14(21)19-15(22)20-16)12-8-11(5-6-13(12)25-2)26(23,24)18-9-10-4-3-7-17-10;/h5-6,8,10,17-18H,3-4,7,9H2,1-2H3,(H2,19,20,21,22);1H. The highest BCUT2D eigenvalue weighted by Crippen LogP contribution is 2.34. The van der Waals surface area contributed by atoms with Crippen molar-refractivity contribution in [3.8, 4) is 5.75 Å². The van der Waals surface area contributed by atoms with Gasteiger partial charge in [0.2, 0.25) is 10.0 Å². The first-order valence-corrected chi connectivity index (χ1v) is 9.80. The molecule has 1 aromatic carbocycles. The first-order valence-electron chi connectivity index (χ1n) is 8.31. The minimum atomic E-state index is -3.77. The Bertz CT molecular complexity index is 841. The van der Waals surface area contributed by atoms with Gasteiger partial charge in [0.05, 0.1) is 12.0 Å². The zero-order valence-corrected chi connectivity index (χ0v) is 16.6. The molecule has 0 aromatic heterocycles. The third kappa shape index (κ3) is 4.18. The predicted molar refractivity (Wildman–Crippen MR) is 100 cm³/mol. The molecule has 0 saturated carbocycles. The molecule has 11 heteroatoms. The zero-order valence-electron chi connectivity index (χ0n) is 15.0. The van der Waals surface area contributed by atoms with Crippen molar-refractivity contribution in [1.29, 1.82) is 0 Å². The molecule has 2 saturated heterocycles. The lowest BCUT2D eigenvalue weighted by Crippen LogP contribution is -2.41. The van der Waals surface area contributed by atoms with Crippen LogP contribution < -0.4 is 25.4 Å². The van der Waals surface area contributed by atoms with Crippen LogP contribution in [0.25, 0.3) is 0 Å². The van der Waals surface area contributed by atoms with Gasteiger partial charge in [-0.25, -0.2) is 17.9 Å². The maximum absolute atomic E-state index is 12.6. The topological polar surface area (TPSA) is 126 Å². The van der Waals surface area contributed by atoms with Crippen molar-refractivity contribution in [1.82, 2.24) is 20.7 Å². The summed E-state index contributed by atoms with van der Waals surface area (Å²) in [6, 6.07) is 3.71. The number of rotatable bonds is 6. The Morgan fingerprint density at radius 1 is 1.33 bits per heavy atom. The Kier molecular flexibility index (Phi) is 6.35. The molecule has 2 aliphatic heterocycles. The Labute approximate surface area is 164 Å². The highest BCUT2D eigenvalue weighted by atomic mass is 35.5. The lowest BCUT2D eigenvalue weighted by atomic mass is 9.91. The van der Waals surface area contributed by atoms with Crippen molar-refractivity contribution in [2.45, 2.75) is 36.2 Å². The average molecular weight is 419 g/mol. The molecule has 2 atom stereocenters. The van der Waals surface area contributed by atoms with Crippen LogP contribution in [-0.4, -0.2) is 46.6 Å².